The van der Waals surface area contributed by atoms with Crippen molar-refractivity contribution >= 4 is 23.6 Å². The first-order valence-electron chi connectivity index (χ1n) is 11.1. The van der Waals surface area contributed by atoms with Crippen LogP contribution in [0.15, 0.2) is 53.5 Å². The van der Waals surface area contributed by atoms with Gasteiger partial charge in [0.15, 0.2) is 0 Å². The summed E-state index contributed by atoms with van der Waals surface area (Å²) in [5, 5.41) is 11.2. The summed E-state index contributed by atoms with van der Waals surface area (Å²) >= 11 is 0. The molecule has 1 fully saturated rings. The summed E-state index contributed by atoms with van der Waals surface area (Å²) in [7, 11) is 0. The van der Waals surface area contributed by atoms with Gasteiger partial charge in [0.2, 0.25) is 0 Å². The third-order valence-corrected chi connectivity index (χ3v) is 5.22. The van der Waals surface area contributed by atoms with Crippen molar-refractivity contribution in [3.63, 3.8) is 0 Å². The molecule has 0 aromatic heterocycles. The monoisotopic (exact) mass is 493 g/mol. The summed E-state index contributed by atoms with van der Waals surface area (Å²) < 4.78 is 46.8. The van der Waals surface area contributed by atoms with Crippen LogP contribution in [-0.2, 0) is 9.53 Å². The van der Waals surface area contributed by atoms with Crippen molar-refractivity contribution in [3.05, 3.63) is 59.7 Å². The van der Waals surface area contributed by atoms with Gasteiger partial charge >= 0.3 is 12.3 Å². The maximum atomic E-state index is 12.4. The Morgan fingerprint density at radius 1 is 1.17 bits per heavy atom. The molecule has 1 unspecified atom stereocenters. The molecule has 0 spiro atoms. The van der Waals surface area contributed by atoms with Crippen molar-refractivity contribution in [2.24, 2.45) is 4.99 Å². The van der Waals surface area contributed by atoms with Gasteiger partial charge in [-0.2, -0.15) is 4.99 Å². The number of aliphatic imine (C=N–C) groups is 1. The van der Waals surface area contributed by atoms with Crippen LogP contribution in [-0.4, -0.2) is 54.0 Å². The second kappa shape index (κ2) is 11.6. The minimum Gasteiger partial charge on any atom is -0.481 e. The smallest absolute Gasteiger partial charge is 0.481 e. The number of halogens is 3. The van der Waals surface area contributed by atoms with Gasteiger partial charge in [-0.1, -0.05) is 25.5 Å². The molecule has 0 aliphatic carbocycles. The zero-order valence-corrected chi connectivity index (χ0v) is 19.0. The molecule has 1 atom stereocenters. The zero-order chi connectivity index (χ0) is 25.4. The van der Waals surface area contributed by atoms with Crippen molar-refractivity contribution in [1.29, 1.82) is 0 Å². The Morgan fingerprint density at radius 2 is 1.86 bits per heavy atom. The molecule has 35 heavy (non-hydrogen) atoms. The Bertz CT molecular complexity index is 1040. The standard InChI is InChI=1S/C24H26F3N3O5/c1-2-3-14-30-20(16-4-6-17(7-5-16)22(33)28-13-12-21(31)32)15-34-23(30)29-18-8-10-19(11-9-18)35-24(25,26)27/h4-11,20H,2-3,12-15H2,1H3,(H,28,33)(H,31,32)/b29-23-. The number of aliphatic carboxylic acids is 1. The van der Waals surface area contributed by atoms with Crippen LogP contribution in [0.4, 0.5) is 18.9 Å². The van der Waals surface area contributed by atoms with E-state index in [4.69, 9.17) is 9.84 Å². The van der Waals surface area contributed by atoms with Gasteiger partial charge in [-0.05, 0) is 48.4 Å². The van der Waals surface area contributed by atoms with Crippen LogP contribution < -0.4 is 10.1 Å². The van der Waals surface area contributed by atoms with Crippen LogP contribution >= 0.6 is 0 Å². The summed E-state index contributed by atoms with van der Waals surface area (Å²) in [5.41, 5.74) is 1.74. The minimum atomic E-state index is -4.76. The highest BCUT2D eigenvalue weighted by molar-refractivity contribution is 5.94. The summed E-state index contributed by atoms with van der Waals surface area (Å²) in [6.45, 7) is 3.08. The number of hydrogen-bond donors (Lipinski definition) is 2. The van der Waals surface area contributed by atoms with Gasteiger partial charge in [-0.25, -0.2) is 0 Å². The Morgan fingerprint density at radius 3 is 2.46 bits per heavy atom. The van der Waals surface area contributed by atoms with Crippen molar-refractivity contribution in [3.8, 4) is 5.75 Å². The lowest BCUT2D eigenvalue weighted by Gasteiger charge is -2.23. The van der Waals surface area contributed by atoms with Crippen molar-refractivity contribution < 1.29 is 37.3 Å². The van der Waals surface area contributed by atoms with Crippen LogP contribution in [0.25, 0.3) is 0 Å². The molecule has 11 heteroatoms. The second-order valence-corrected chi connectivity index (χ2v) is 7.83. The molecule has 188 valence electrons. The van der Waals surface area contributed by atoms with E-state index in [1.165, 1.54) is 24.3 Å². The number of nitrogens with one attached hydrogen (secondary N) is 1. The fraction of sp³-hybridized carbons (Fsp3) is 0.375. The fourth-order valence-corrected chi connectivity index (χ4v) is 3.49. The van der Waals surface area contributed by atoms with E-state index >= 15 is 0 Å². The first kappa shape index (κ1) is 25.9. The van der Waals surface area contributed by atoms with Gasteiger partial charge in [0.25, 0.3) is 11.9 Å². The SMILES string of the molecule is CCCCN1/C(=N/c2ccc(OC(F)(F)F)cc2)OCC1c1ccc(C(=O)NCCC(=O)O)cc1. The Balaban J connectivity index is 1.72. The van der Waals surface area contributed by atoms with E-state index in [9.17, 15) is 22.8 Å². The van der Waals surface area contributed by atoms with E-state index < -0.39 is 12.3 Å². The topological polar surface area (TPSA) is 100 Å². The highest BCUT2D eigenvalue weighted by Crippen LogP contribution is 2.31. The summed E-state index contributed by atoms with van der Waals surface area (Å²) in [5.74, 6) is -1.68. The molecule has 2 aromatic carbocycles. The average molecular weight is 493 g/mol. The van der Waals surface area contributed by atoms with Crippen molar-refractivity contribution in [2.75, 3.05) is 19.7 Å². The number of alkyl halides is 3. The fourth-order valence-electron chi connectivity index (χ4n) is 3.49. The van der Waals surface area contributed by atoms with Crippen LogP contribution in [0.1, 0.15) is 48.1 Å². The Kier molecular flexibility index (Phi) is 8.56. The summed E-state index contributed by atoms with van der Waals surface area (Å²) in [6, 6.07) is 12.4. The van der Waals surface area contributed by atoms with Gasteiger partial charge in [-0.3, -0.25) is 9.59 Å². The van der Waals surface area contributed by atoms with Gasteiger partial charge in [-0.15, -0.1) is 13.2 Å². The molecular weight excluding hydrogens is 467 g/mol. The summed E-state index contributed by atoms with van der Waals surface area (Å²) in [6.07, 6.45) is -3.10. The van der Waals surface area contributed by atoms with Gasteiger partial charge in [0.1, 0.15) is 12.4 Å². The molecule has 1 aliphatic rings. The molecule has 1 amide bonds. The zero-order valence-electron chi connectivity index (χ0n) is 19.0. The number of carbonyl (C=O) groups excluding carboxylic acids is 1. The third kappa shape index (κ3) is 7.62. The molecule has 1 aliphatic heterocycles. The molecule has 1 heterocycles. The van der Waals surface area contributed by atoms with E-state index in [-0.39, 0.29) is 30.7 Å². The van der Waals surface area contributed by atoms with E-state index in [0.717, 1.165) is 18.4 Å². The molecule has 1 saturated heterocycles. The van der Waals surface area contributed by atoms with Gasteiger partial charge < -0.3 is 24.8 Å². The van der Waals surface area contributed by atoms with Crippen LogP contribution in [0, 0.1) is 0 Å². The van der Waals surface area contributed by atoms with E-state index in [1.54, 1.807) is 12.1 Å². The number of carboxylic acid groups (broad SMARTS) is 1. The van der Waals surface area contributed by atoms with E-state index in [1.807, 2.05) is 17.0 Å². The first-order chi connectivity index (χ1) is 16.7. The maximum Gasteiger partial charge on any atom is 0.573 e. The molecule has 2 aromatic rings. The predicted molar refractivity (Wildman–Crippen MR) is 122 cm³/mol. The van der Waals surface area contributed by atoms with E-state index in [0.29, 0.717) is 30.4 Å². The highest BCUT2D eigenvalue weighted by Gasteiger charge is 2.33. The number of benzene rings is 2. The Hall–Kier alpha value is -3.76. The number of nitrogens with zero attached hydrogens (tertiary/aromatic N) is 2. The molecule has 0 saturated carbocycles. The maximum absolute atomic E-state index is 12.4. The molecule has 3 rings (SSSR count). The van der Waals surface area contributed by atoms with Crippen LogP contribution in [0.5, 0.6) is 5.75 Å². The molecular formula is C24H26F3N3O5. The quantitative estimate of drug-likeness (QED) is 0.500. The van der Waals surface area contributed by atoms with Gasteiger partial charge in [0, 0.05) is 18.7 Å². The number of unbranched alkanes of at least 4 members (excludes halogenated alkanes) is 1. The van der Waals surface area contributed by atoms with Crippen LogP contribution in [0.3, 0.4) is 0 Å². The summed E-state index contributed by atoms with van der Waals surface area (Å²) in [4.78, 5) is 29.3. The molecule has 0 bridgehead atoms. The number of carbonyl (C=O) groups is 2. The van der Waals surface area contributed by atoms with E-state index in [2.05, 4.69) is 22.0 Å². The number of rotatable bonds is 10. The molecule has 2 N–H and O–H groups in total. The third-order valence-electron chi connectivity index (χ3n) is 5.22. The number of ether oxygens (including phenoxy) is 2. The lowest BCUT2D eigenvalue weighted by Crippen LogP contribution is -2.30. The number of hydrogen-bond acceptors (Lipinski definition) is 5. The lowest BCUT2D eigenvalue weighted by molar-refractivity contribution is -0.274. The van der Waals surface area contributed by atoms with Crippen molar-refractivity contribution in [1.82, 2.24) is 10.2 Å². The van der Waals surface area contributed by atoms with Crippen LogP contribution in [0.2, 0.25) is 0 Å². The second-order valence-electron chi connectivity index (χ2n) is 7.83. The predicted octanol–water partition coefficient (Wildman–Crippen LogP) is 4.65. The average Bonchev–Trinajstić information content (AvgIpc) is 3.20. The Labute approximate surface area is 200 Å². The van der Waals surface area contributed by atoms with Gasteiger partial charge in [0.05, 0.1) is 18.2 Å². The lowest BCUT2D eigenvalue weighted by atomic mass is 10.0. The number of carboxylic acids is 1. The minimum absolute atomic E-state index is 0.0420. The normalized spacial score (nSPS) is 16.7. The number of amides is 1. The first-order valence-corrected chi connectivity index (χ1v) is 11.1. The molecule has 8 nitrogen and oxygen atoms in total. The highest BCUT2D eigenvalue weighted by atomic mass is 19.4. The molecule has 0 radical (unpaired) electrons. The largest absolute Gasteiger partial charge is 0.573 e. The van der Waals surface area contributed by atoms with Crippen molar-refractivity contribution in [2.45, 2.75) is 38.6 Å². The number of amidine groups is 1.